The molecule has 0 bridgehead atoms. The van der Waals surface area contributed by atoms with Gasteiger partial charge in [-0.15, -0.1) is 0 Å². The molecule has 1 amide bonds. The molecule has 0 spiro atoms. The second kappa shape index (κ2) is 13.6. The Morgan fingerprint density at radius 2 is 1.64 bits per heavy atom. The van der Waals surface area contributed by atoms with Gasteiger partial charge < -0.3 is 10.4 Å². The minimum atomic E-state index is -0.565. The van der Waals surface area contributed by atoms with Gasteiger partial charge >= 0.3 is 0 Å². The van der Waals surface area contributed by atoms with Crippen LogP contribution in [0.3, 0.4) is 0 Å². The zero-order valence-electron chi connectivity index (χ0n) is 19.6. The second-order valence-corrected chi connectivity index (χ2v) is 6.90. The largest absolute Gasteiger partial charge is 0.389 e. The maximum absolute atomic E-state index is 12.6. The van der Waals surface area contributed by atoms with Gasteiger partial charge in [-0.05, 0) is 43.2 Å². The monoisotopic (exact) mass is 441 g/mol. The molecule has 33 heavy (non-hydrogen) atoms. The van der Waals surface area contributed by atoms with Crippen molar-refractivity contribution in [2.24, 2.45) is 0 Å². The van der Waals surface area contributed by atoms with Crippen LogP contribution in [0.4, 0.5) is 5.82 Å². The number of aliphatic hydroxyl groups excluding tert-OH is 1. The smallest absolute Gasteiger partial charge is 0.256 e. The van der Waals surface area contributed by atoms with Gasteiger partial charge in [0.1, 0.15) is 5.69 Å². The summed E-state index contributed by atoms with van der Waals surface area (Å²) in [6, 6.07) is 18.8. The molecule has 3 rings (SSSR count). The summed E-state index contributed by atoms with van der Waals surface area (Å²) in [5.74, 6) is 0.122. The van der Waals surface area contributed by atoms with Crippen LogP contribution in [-0.4, -0.2) is 27.1 Å². The summed E-state index contributed by atoms with van der Waals surface area (Å²) >= 11 is 0. The Bertz CT molecular complexity index is 1100. The summed E-state index contributed by atoms with van der Waals surface area (Å²) in [6.45, 7) is 7.58. The predicted octanol–water partition coefficient (Wildman–Crippen LogP) is 6.27. The molecule has 0 saturated carbocycles. The van der Waals surface area contributed by atoms with Gasteiger partial charge in [0.25, 0.3) is 5.91 Å². The van der Waals surface area contributed by atoms with Crippen LogP contribution in [0.1, 0.15) is 55.0 Å². The van der Waals surface area contributed by atoms with Crippen LogP contribution in [0, 0.1) is 0 Å². The molecule has 0 radical (unpaired) electrons. The topological polar surface area (TPSA) is 75.1 Å². The number of hydrogen-bond donors (Lipinski definition) is 2. The molecule has 2 aromatic carbocycles. The van der Waals surface area contributed by atoms with Gasteiger partial charge in [0, 0.05) is 5.56 Å². The van der Waals surface area contributed by atoms with E-state index in [-0.39, 0.29) is 5.91 Å². The first-order chi connectivity index (χ1) is 16.1. The molecular weight excluding hydrogens is 410 g/mol. The van der Waals surface area contributed by atoms with Crippen LogP contribution in [0.2, 0.25) is 0 Å². The summed E-state index contributed by atoms with van der Waals surface area (Å²) in [6.07, 6.45) is 10.2. The number of aromatic nitrogens is 2. The molecule has 5 nitrogen and oxygen atoms in total. The average Bonchev–Trinajstić information content (AvgIpc) is 2.86. The van der Waals surface area contributed by atoms with Crippen LogP contribution in [0.25, 0.3) is 17.7 Å². The van der Waals surface area contributed by atoms with E-state index in [0.29, 0.717) is 22.8 Å². The highest BCUT2D eigenvalue weighted by atomic mass is 16.3. The Hall–Kier alpha value is -3.83. The Labute approximate surface area is 196 Å². The maximum Gasteiger partial charge on any atom is 0.256 e. The molecule has 3 aromatic rings. The summed E-state index contributed by atoms with van der Waals surface area (Å²) in [4.78, 5) is 21.8. The fourth-order valence-electron chi connectivity index (χ4n) is 2.84. The Balaban J connectivity index is 0.00000187. The van der Waals surface area contributed by atoms with Gasteiger partial charge in [-0.2, -0.15) is 0 Å². The van der Waals surface area contributed by atoms with Crippen molar-refractivity contribution >= 4 is 29.5 Å². The summed E-state index contributed by atoms with van der Waals surface area (Å²) in [7, 11) is 0. The number of rotatable bonds is 7. The second-order valence-electron chi connectivity index (χ2n) is 6.90. The average molecular weight is 442 g/mol. The van der Waals surface area contributed by atoms with Crippen molar-refractivity contribution in [3.8, 4) is 0 Å². The maximum atomic E-state index is 12.6. The van der Waals surface area contributed by atoms with Crippen LogP contribution >= 0.6 is 0 Å². The number of anilines is 1. The molecule has 1 aromatic heterocycles. The summed E-state index contributed by atoms with van der Waals surface area (Å²) in [5.41, 5.74) is 3.56. The summed E-state index contributed by atoms with van der Waals surface area (Å²) in [5, 5.41) is 12.4. The van der Waals surface area contributed by atoms with E-state index in [2.05, 4.69) is 10.3 Å². The van der Waals surface area contributed by atoms with Gasteiger partial charge in [-0.1, -0.05) is 86.7 Å². The highest BCUT2D eigenvalue weighted by molar-refractivity contribution is 6.04. The van der Waals surface area contributed by atoms with Gasteiger partial charge in [0.05, 0.1) is 18.0 Å². The van der Waals surface area contributed by atoms with Crippen LogP contribution < -0.4 is 5.32 Å². The first kappa shape index (κ1) is 25.4. The zero-order valence-corrected chi connectivity index (χ0v) is 19.6. The van der Waals surface area contributed by atoms with Crippen molar-refractivity contribution in [3.63, 3.8) is 0 Å². The number of amides is 1. The molecule has 1 heterocycles. The van der Waals surface area contributed by atoms with Crippen molar-refractivity contribution in [2.45, 2.75) is 33.8 Å². The normalized spacial score (nSPS) is 12.3. The minimum absolute atomic E-state index is 0.253. The van der Waals surface area contributed by atoms with Crippen molar-refractivity contribution in [1.82, 2.24) is 9.97 Å². The van der Waals surface area contributed by atoms with Gasteiger partial charge in [-0.25, -0.2) is 9.97 Å². The van der Waals surface area contributed by atoms with Crippen molar-refractivity contribution in [2.75, 3.05) is 5.32 Å². The predicted molar refractivity (Wildman–Crippen MR) is 138 cm³/mol. The molecule has 1 atom stereocenters. The Kier molecular flexibility index (Phi) is 10.4. The van der Waals surface area contributed by atoms with E-state index in [1.807, 2.05) is 93.6 Å². The number of nitrogens with zero attached hydrogens (tertiary/aromatic N) is 2. The summed E-state index contributed by atoms with van der Waals surface area (Å²) < 4.78 is 0. The molecule has 0 saturated heterocycles. The van der Waals surface area contributed by atoms with E-state index in [1.54, 1.807) is 31.3 Å². The fourth-order valence-corrected chi connectivity index (χ4v) is 2.84. The molecule has 5 heteroatoms. The number of nitrogens with one attached hydrogen (secondary N) is 1. The molecule has 0 aliphatic rings. The van der Waals surface area contributed by atoms with Crippen molar-refractivity contribution in [3.05, 3.63) is 108 Å². The van der Waals surface area contributed by atoms with Gasteiger partial charge in [0.15, 0.2) is 5.82 Å². The third-order valence-electron chi connectivity index (χ3n) is 4.46. The minimum Gasteiger partial charge on any atom is -0.389 e. The van der Waals surface area contributed by atoms with E-state index in [9.17, 15) is 9.90 Å². The first-order valence-electron chi connectivity index (χ1n) is 11.1. The van der Waals surface area contributed by atoms with E-state index >= 15 is 0 Å². The third kappa shape index (κ3) is 7.98. The lowest BCUT2D eigenvalue weighted by Gasteiger charge is -2.10. The van der Waals surface area contributed by atoms with E-state index < -0.39 is 6.10 Å². The van der Waals surface area contributed by atoms with Crippen LogP contribution in [-0.2, 0) is 0 Å². The van der Waals surface area contributed by atoms with Gasteiger partial charge in [0.2, 0.25) is 0 Å². The molecule has 170 valence electrons. The lowest BCUT2D eigenvalue weighted by molar-refractivity contribution is 0.102. The molecule has 0 fully saturated rings. The van der Waals surface area contributed by atoms with Crippen LogP contribution in [0.15, 0.2) is 85.1 Å². The number of hydrogen-bond acceptors (Lipinski definition) is 4. The third-order valence-corrected chi connectivity index (χ3v) is 4.46. The van der Waals surface area contributed by atoms with E-state index in [1.165, 1.54) is 0 Å². The van der Waals surface area contributed by atoms with Gasteiger partial charge in [-0.3, -0.25) is 4.79 Å². The van der Waals surface area contributed by atoms with E-state index in [4.69, 9.17) is 4.98 Å². The fraction of sp³-hybridized carbons (Fsp3) is 0.179. The molecule has 1 unspecified atom stereocenters. The standard InChI is InChI=1S/C26H25N3O2.C2H6/c1-3-21(16-14-19(2)30)24-18-27-25(29-26(31)22-12-8-5-9-13-22)23(28-24)17-15-20-10-6-4-7-11-20;1-2/h3-19,30H,1-2H3,(H,27,29,31);1-2H3/b16-14-,17-15+,21-3+;. The molecule has 0 aliphatic carbocycles. The highest BCUT2D eigenvalue weighted by Crippen LogP contribution is 2.20. The number of benzene rings is 2. The first-order valence-corrected chi connectivity index (χ1v) is 11.1. The number of carbonyl (C=O) groups excluding carboxylic acids is 1. The SMILES string of the molecule is C/C=C(\C=C/C(C)O)c1cnc(NC(=O)c2ccccc2)c(/C=C/c2ccccc2)n1.CC. The molecule has 0 aliphatic heterocycles. The Morgan fingerprint density at radius 1 is 1.00 bits per heavy atom. The molecular formula is C28H31N3O2. The molecule has 2 N–H and O–H groups in total. The van der Waals surface area contributed by atoms with Crippen molar-refractivity contribution < 1.29 is 9.90 Å². The van der Waals surface area contributed by atoms with Crippen molar-refractivity contribution in [1.29, 1.82) is 0 Å². The number of allylic oxidation sites excluding steroid dienone is 3. The lowest BCUT2D eigenvalue weighted by atomic mass is 10.1. The number of aliphatic hydroxyl groups is 1. The lowest BCUT2D eigenvalue weighted by Crippen LogP contribution is -2.14. The number of carbonyl (C=O) groups is 1. The zero-order chi connectivity index (χ0) is 24.1. The quantitative estimate of drug-likeness (QED) is 0.424. The highest BCUT2D eigenvalue weighted by Gasteiger charge is 2.12. The Morgan fingerprint density at radius 3 is 2.24 bits per heavy atom. The van der Waals surface area contributed by atoms with Crippen LogP contribution in [0.5, 0.6) is 0 Å². The van der Waals surface area contributed by atoms with E-state index in [0.717, 1.165) is 11.1 Å².